The van der Waals surface area contributed by atoms with Crippen molar-refractivity contribution in [1.29, 1.82) is 0 Å². The second-order valence-corrected chi connectivity index (χ2v) is 0.924. The van der Waals surface area contributed by atoms with Crippen LogP contribution in [0.2, 0.25) is 0 Å². The van der Waals surface area contributed by atoms with Gasteiger partial charge in [-0.2, -0.15) is 0 Å². The minimum atomic E-state index is -0.375. The van der Waals surface area contributed by atoms with Crippen molar-refractivity contribution in [2.24, 2.45) is 0 Å². The van der Waals surface area contributed by atoms with Gasteiger partial charge in [0.05, 0.1) is 0 Å². The standard InChI is InChI=1S/C3H6NO2/c1-2-3-4(5)6/h2H,3H2,1H3. The molecule has 6 heavy (non-hydrogen) atoms. The van der Waals surface area contributed by atoms with Crippen LogP contribution >= 0.6 is 0 Å². The van der Waals surface area contributed by atoms with Gasteiger partial charge in [0.1, 0.15) is 0 Å². The first-order valence-corrected chi connectivity index (χ1v) is 1.67. The minimum absolute atomic E-state index is 0.0278. The summed E-state index contributed by atoms with van der Waals surface area (Å²) in [5, 5.41) is 9.37. The van der Waals surface area contributed by atoms with Gasteiger partial charge in [0.2, 0.25) is 6.54 Å². The van der Waals surface area contributed by atoms with Crippen LogP contribution in [0.25, 0.3) is 0 Å². The van der Waals surface area contributed by atoms with Crippen LogP contribution in [0.15, 0.2) is 0 Å². The summed E-state index contributed by atoms with van der Waals surface area (Å²) in [4.78, 5) is 9.00. The Bertz CT molecular complexity index is 52.8. The third-order valence-corrected chi connectivity index (χ3v) is 0.332. The lowest BCUT2D eigenvalue weighted by Gasteiger charge is -1.79. The molecule has 0 unspecified atom stereocenters. The Morgan fingerprint density at radius 3 is 2.50 bits per heavy atom. The van der Waals surface area contributed by atoms with Crippen LogP contribution in [0.5, 0.6) is 0 Å². The van der Waals surface area contributed by atoms with Crippen LogP contribution in [-0.4, -0.2) is 11.5 Å². The molecule has 3 heteroatoms. The highest BCUT2D eigenvalue weighted by Crippen LogP contribution is 1.70. The first-order chi connectivity index (χ1) is 2.77. The number of rotatable bonds is 2. The van der Waals surface area contributed by atoms with E-state index >= 15 is 0 Å². The molecule has 0 aliphatic heterocycles. The van der Waals surface area contributed by atoms with Crippen molar-refractivity contribution in [3.05, 3.63) is 16.5 Å². The maximum absolute atomic E-state index is 9.37. The largest absolute Gasteiger partial charge is 0.265 e. The second-order valence-electron chi connectivity index (χ2n) is 0.924. The van der Waals surface area contributed by atoms with Crippen molar-refractivity contribution < 1.29 is 4.92 Å². The van der Waals surface area contributed by atoms with Crippen molar-refractivity contribution in [3.63, 3.8) is 0 Å². The normalized spacial score (nSPS) is 8.17. The molecule has 0 amide bonds. The minimum Gasteiger partial charge on any atom is -0.265 e. The molecule has 0 fully saturated rings. The van der Waals surface area contributed by atoms with E-state index in [9.17, 15) is 10.1 Å². The quantitative estimate of drug-likeness (QED) is 0.364. The number of nitro groups is 1. The maximum Gasteiger partial charge on any atom is 0.206 e. The summed E-state index contributed by atoms with van der Waals surface area (Å²) in [6.45, 7) is 1.63. The lowest BCUT2D eigenvalue weighted by molar-refractivity contribution is -0.471. The first kappa shape index (κ1) is 5.40. The van der Waals surface area contributed by atoms with Crippen LogP contribution in [0.4, 0.5) is 0 Å². The molecular formula is C3H6NO2. The first-order valence-electron chi connectivity index (χ1n) is 1.67. The molecule has 0 aliphatic carbocycles. The SMILES string of the molecule is C[CH]C[N+](=O)[O-]. The van der Waals surface area contributed by atoms with Crippen molar-refractivity contribution in [1.82, 2.24) is 0 Å². The summed E-state index contributed by atoms with van der Waals surface area (Å²) >= 11 is 0. The molecule has 0 atom stereocenters. The molecule has 0 N–H and O–H groups in total. The lowest BCUT2D eigenvalue weighted by Crippen LogP contribution is -1.97. The lowest BCUT2D eigenvalue weighted by atomic mass is 10.5. The Balaban J connectivity index is 2.83. The zero-order chi connectivity index (χ0) is 4.99. The topological polar surface area (TPSA) is 43.1 Å². The Hall–Kier alpha value is -0.600. The maximum atomic E-state index is 9.37. The average Bonchev–Trinajstić information content (AvgIpc) is 1.35. The molecule has 0 saturated carbocycles. The fourth-order valence-corrected chi connectivity index (χ4v) is 0.149. The highest BCUT2D eigenvalue weighted by atomic mass is 16.6. The molecule has 0 aromatic carbocycles. The van der Waals surface area contributed by atoms with E-state index in [4.69, 9.17) is 0 Å². The molecule has 0 bridgehead atoms. The second kappa shape index (κ2) is 2.63. The van der Waals surface area contributed by atoms with Crippen molar-refractivity contribution in [2.45, 2.75) is 6.92 Å². The van der Waals surface area contributed by atoms with Gasteiger partial charge in [-0.05, 0) is 0 Å². The van der Waals surface area contributed by atoms with Gasteiger partial charge in [-0.25, -0.2) is 0 Å². The van der Waals surface area contributed by atoms with E-state index < -0.39 is 0 Å². The Kier molecular flexibility index (Phi) is 2.36. The van der Waals surface area contributed by atoms with E-state index in [1.165, 1.54) is 6.42 Å². The number of hydrogen-bond donors (Lipinski definition) is 0. The Morgan fingerprint density at radius 2 is 2.50 bits per heavy atom. The van der Waals surface area contributed by atoms with Crippen LogP contribution in [-0.2, 0) is 0 Å². The van der Waals surface area contributed by atoms with Crippen LogP contribution in [0.1, 0.15) is 6.92 Å². The molecule has 0 spiro atoms. The molecular weight excluding hydrogens is 82.0 g/mol. The highest BCUT2D eigenvalue weighted by molar-refractivity contribution is 4.48. The zero-order valence-corrected chi connectivity index (χ0v) is 3.55. The summed E-state index contributed by atoms with van der Waals surface area (Å²) in [7, 11) is 0. The molecule has 0 heterocycles. The van der Waals surface area contributed by atoms with E-state index in [0.29, 0.717) is 0 Å². The fourth-order valence-electron chi connectivity index (χ4n) is 0.149. The smallest absolute Gasteiger partial charge is 0.206 e. The van der Waals surface area contributed by atoms with E-state index in [1.807, 2.05) is 0 Å². The van der Waals surface area contributed by atoms with Crippen LogP contribution in [0, 0.1) is 16.5 Å². The third kappa shape index (κ3) is 3.40. The van der Waals surface area contributed by atoms with Crippen molar-refractivity contribution in [2.75, 3.05) is 6.54 Å². The Morgan fingerprint density at radius 1 is 2.00 bits per heavy atom. The number of nitrogens with zero attached hydrogens (tertiary/aromatic N) is 1. The molecule has 35 valence electrons. The van der Waals surface area contributed by atoms with E-state index in [1.54, 1.807) is 6.92 Å². The van der Waals surface area contributed by atoms with E-state index in [2.05, 4.69) is 0 Å². The summed E-state index contributed by atoms with van der Waals surface area (Å²) in [5.74, 6) is 0. The van der Waals surface area contributed by atoms with Gasteiger partial charge in [-0.1, -0.05) is 6.92 Å². The molecule has 0 rings (SSSR count). The van der Waals surface area contributed by atoms with Gasteiger partial charge in [0.15, 0.2) is 0 Å². The average molecular weight is 88.1 g/mol. The van der Waals surface area contributed by atoms with Crippen molar-refractivity contribution >= 4 is 0 Å². The summed E-state index contributed by atoms with van der Waals surface area (Å²) in [6, 6.07) is 0. The van der Waals surface area contributed by atoms with E-state index in [-0.39, 0.29) is 11.5 Å². The zero-order valence-electron chi connectivity index (χ0n) is 3.55. The third-order valence-electron chi connectivity index (χ3n) is 0.332. The van der Waals surface area contributed by atoms with Gasteiger partial charge in [0, 0.05) is 11.3 Å². The monoisotopic (exact) mass is 88.0 g/mol. The predicted molar refractivity (Wildman–Crippen MR) is 21.8 cm³/mol. The molecule has 0 aliphatic rings. The molecule has 0 saturated heterocycles. The summed E-state index contributed by atoms with van der Waals surface area (Å²) in [6.07, 6.45) is 1.50. The molecule has 0 aromatic heterocycles. The van der Waals surface area contributed by atoms with Crippen LogP contribution in [0.3, 0.4) is 0 Å². The molecule has 3 nitrogen and oxygen atoms in total. The molecule has 0 aromatic rings. The van der Waals surface area contributed by atoms with E-state index in [0.717, 1.165) is 0 Å². The summed E-state index contributed by atoms with van der Waals surface area (Å²) in [5.41, 5.74) is 0. The number of hydrogen-bond acceptors (Lipinski definition) is 2. The van der Waals surface area contributed by atoms with Gasteiger partial charge < -0.3 is 0 Å². The van der Waals surface area contributed by atoms with Crippen molar-refractivity contribution in [3.8, 4) is 0 Å². The highest BCUT2D eigenvalue weighted by Gasteiger charge is 1.86. The van der Waals surface area contributed by atoms with Gasteiger partial charge in [-0.3, -0.25) is 10.1 Å². The van der Waals surface area contributed by atoms with Gasteiger partial charge >= 0.3 is 0 Å². The Labute approximate surface area is 36.1 Å². The fraction of sp³-hybridized carbons (Fsp3) is 0.667. The van der Waals surface area contributed by atoms with Gasteiger partial charge in [0.25, 0.3) is 0 Å². The molecule has 1 radical (unpaired) electrons. The predicted octanol–water partition coefficient (Wildman–Crippen LogP) is 0.487. The summed E-state index contributed by atoms with van der Waals surface area (Å²) < 4.78 is 0. The van der Waals surface area contributed by atoms with Crippen LogP contribution < -0.4 is 0 Å². The van der Waals surface area contributed by atoms with Gasteiger partial charge in [-0.15, -0.1) is 0 Å².